The smallest absolute Gasteiger partial charge is 0.146 e. The lowest BCUT2D eigenvalue weighted by Crippen LogP contribution is -2.23. The van der Waals surface area contributed by atoms with Crippen LogP contribution in [0.25, 0.3) is 10.9 Å². The highest BCUT2D eigenvalue weighted by Crippen LogP contribution is 2.24. The van der Waals surface area contributed by atoms with Gasteiger partial charge in [-0.1, -0.05) is 30.3 Å². The summed E-state index contributed by atoms with van der Waals surface area (Å²) in [5.74, 6) is 1.79. The molecule has 0 radical (unpaired) electrons. The number of benzene rings is 2. The second kappa shape index (κ2) is 7.76. The predicted molar refractivity (Wildman–Crippen MR) is 114 cm³/mol. The van der Waals surface area contributed by atoms with Crippen LogP contribution in [0.15, 0.2) is 65.5 Å². The van der Waals surface area contributed by atoms with Crippen LogP contribution in [-0.2, 0) is 6.42 Å². The number of nitrogens with zero attached hydrogens (tertiary/aromatic N) is 3. The lowest BCUT2D eigenvalue weighted by Gasteiger charge is -2.19. The standard InChI is InChI=1S/C22H26N6/c1-15-19-12-18(7-8-20(19)27-26-15)22(24)25-21(13-23)28-10-9-17(14-28)11-16-5-3-2-4-6-16/h2-8,12-13,17H,9-11,14,23H2,1H3,(H2,24,25)(H,26,27)/b21-13+. The molecule has 6 nitrogen and oxygen atoms in total. The van der Waals surface area contributed by atoms with Crippen molar-refractivity contribution >= 4 is 16.7 Å². The molecule has 1 aromatic heterocycles. The molecule has 2 heterocycles. The van der Waals surface area contributed by atoms with E-state index in [1.807, 2.05) is 25.1 Å². The minimum absolute atomic E-state index is 0.464. The van der Waals surface area contributed by atoms with Crippen molar-refractivity contribution in [1.82, 2.24) is 15.1 Å². The normalized spacial score (nSPS) is 18.2. The summed E-state index contributed by atoms with van der Waals surface area (Å²) in [4.78, 5) is 6.86. The maximum atomic E-state index is 6.30. The molecule has 0 bridgehead atoms. The van der Waals surface area contributed by atoms with Crippen LogP contribution in [-0.4, -0.2) is 34.0 Å². The molecule has 1 saturated heterocycles. The highest BCUT2D eigenvalue weighted by molar-refractivity contribution is 6.01. The first-order valence-corrected chi connectivity index (χ1v) is 9.64. The third-order valence-corrected chi connectivity index (χ3v) is 5.40. The largest absolute Gasteiger partial charge is 0.402 e. The lowest BCUT2D eigenvalue weighted by atomic mass is 9.99. The number of nitrogens with two attached hydrogens (primary N) is 2. The van der Waals surface area contributed by atoms with Crippen molar-refractivity contribution < 1.29 is 0 Å². The van der Waals surface area contributed by atoms with Gasteiger partial charge in [-0.15, -0.1) is 0 Å². The molecule has 4 rings (SSSR count). The van der Waals surface area contributed by atoms with Gasteiger partial charge in [0.15, 0.2) is 0 Å². The van der Waals surface area contributed by atoms with Gasteiger partial charge < -0.3 is 16.4 Å². The lowest BCUT2D eigenvalue weighted by molar-refractivity contribution is 0.398. The molecule has 1 fully saturated rings. The average molecular weight is 374 g/mol. The summed E-state index contributed by atoms with van der Waals surface area (Å²) >= 11 is 0. The van der Waals surface area contributed by atoms with Crippen molar-refractivity contribution in [2.45, 2.75) is 19.8 Å². The molecular weight excluding hydrogens is 348 g/mol. The van der Waals surface area contributed by atoms with E-state index in [-0.39, 0.29) is 0 Å². The molecule has 2 aromatic carbocycles. The number of rotatable bonds is 5. The minimum Gasteiger partial charge on any atom is -0.402 e. The van der Waals surface area contributed by atoms with E-state index < -0.39 is 0 Å². The van der Waals surface area contributed by atoms with Crippen molar-refractivity contribution in [1.29, 1.82) is 0 Å². The predicted octanol–water partition coefficient (Wildman–Crippen LogP) is 2.90. The van der Waals surface area contributed by atoms with E-state index in [1.54, 1.807) is 6.20 Å². The summed E-state index contributed by atoms with van der Waals surface area (Å²) in [5.41, 5.74) is 16.4. The zero-order chi connectivity index (χ0) is 19.5. The Kier molecular flexibility index (Phi) is 5.02. The monoisotopic (exact) mass is 374 g/mol. The molecule has 0 spiro atoms. The third-order valence-electron chi connectivity index (χ3n) is 5.40. The molecule has 3 aromatic rings. The number of fused-ring (bicyclic) bond motifs is 1. The molecule has 1 aliphatic rings. The molecule has 0 aliphatic carbocycles. The van der Waals surface area contributed by atoms with Gasteiger partial charge in [0.25, 0.3) is 0 Å². The number of aryl methyl sites for hydroxylation is 1. The Morgan fingerprint density at radius 1 is 1.29 bits per heavy atom. The van der Waals surface area contributed by atoms with E-state index in [2.05, 4.69) is 50.4 Å². The molecule has 6 heteroatoms. The number of H-pyrrole nitrogens is 1. The van der Waals surface area contributed by atoms with E-state index in [0.29, 0.717) is 11.8 Å². The van der Waals surface area contributed by atoms with Crippen LogP contribution >= 0.6 is 0 Å². The highest BCUT2D eigenvalue weighted by atomic mass is 15.2. The number of aromatic amines is 1. The van der Waals surface area contributed by atoms with Crippen LogP contribution in [0.3, 0.4) is 0 Å². The number of aliphatic imine (C=N–C) groups is 1. The summed E-state index contributed by atoms with van der Waals surface area (Å²) in [6.07, 6.45) is 3.76. The van der Waals surface area contributed by atoms with Crippen molar-refractivity contribution in [3.8, 4) is 0 Å². The van der Waals surface area contributed by atoms with E-state index >= 15 is 0 Å². The summed E-state index contributed by atoms with van der Waals surface area (Å²) in [6.45, 7) is 3.88. The van der Waals surface area contributed by atoms with Crippen molar-refractivity contribution in [3.05, 3.63) is 77.4 Å². The molecule has 1 aliphatic heterocycles. The van der Waals surface area contributed by atoms with Gasteiger partial charge in [-0.2, -0.15) is 5.10 Å². The third kappa shape index (κ3) is 3.71. The number of hydrogen-bond acceptors (Lipinski definition) is 4. The zero-order valence-electron chi connectivity index (χ0n) is 16.1. The number of amidine groups is 1. The second-order valence-corrected chi connectivity index (χ2v) is 7.39. The second-order valence-electron chi connectivity index (χ2n) is 7.39. The van der Waals surface area contributed by atoms with E-state index in [0.717, 1.165) is 53.9 Å². The van der Waals surface area contributed by atoms with Gasteiger partial charge in [-0.05, 0) is 49.4 Å². The quantitative estimate of drug-likeness (QED) is 0.472. The number of nitrogens with one attached hydrogen (secondary N) is 1. The topological polar surface area (TPSA) is 96.3 Å². The van der Waals surface area contributed by atoms with Crippen LogP contribution in [0.2, 0.25) is 0 Å². The summed E-state index contributed by atoms with van der Waals surface area (Å²) in [5, 5.41) is 8.30. The van der Waals surface area contributed by atoms with Gasteiger partial charge in [0.05, 0.1) is 5.52 Å². The molecule has 5 N–H and O–H groups in total. The van der Waals surface area contributed by atoms with Crippen molar-refractivity contribution in [2.75, 3.05) is 13.1 Å². The molecule has 0 saturated carbocycles. The SMILES string of the molecule is Cc1[nH]nc2ccc(/C(N)=N/C(=C\N)N3CCC(Cc4ccccc4)C3)cc12. The molecular formula is C22H26N6. The molecule has 144 valence electrons. The fourth-order valence-corrected chi connectivity index (χ4v) is 3.85. The zero-order valence-corrected chi connectivity index (χ0v) is 16.1. The average Bonchev–Trinajstić information content (AvgIpc) is 3.33. The van der Waals surface area contributed by atoms with Crippen LogP contribution < -0.4 is 11.5 Å². The van der Waals surface area contributed by atoms with Gasteiger partial charge in [0.2, 0.25) is 0 Å². The first-order valence-electron chi connectivity index (χ1n) is 9.64. The van der Waals surface area contributed by atoms with Gasteiger partial charge >= 0.3 is 0 Å². The van der Waals surface area contributed by atoms with Crippen LogP contribution in [0.1, 0.15) is 23.2 Å². The van der Waals surface area contributed by atoms with Crippen LogP contribution in [0.4, 0.5) is 0 Å². The fraction of sp³-hybridized carbons (Fsp3) is 0.273. The summed E-state index contributed by atoms with van der Waals surface area (Å²) in [6, 6.07) is 16.5. The first kappa shape index (κ1) is 18.1. The molecule has 0 amide bonds. The maximum Gasteiger partial charge on any atom is 0.146 e. The molecule has 1 atom stereocenters. The van der Waals surface area contributed by atoms with E-state index in [9.17, 15) is 0 Å². The van der Waals surface area contributed by atoms with Crippen LogP contribution in [0, 0.1) is 12.8 Å². The highest BCUT2D eigenvalue weighted by Gasteiger charge is 2.24. The Balaban J connectivity index is 1.48. The number of hydrogen-bond donors (Lipinski definition) is 3. The van der Waals surface area contributed by atoms with E-state index in [1.165, 1.54) is 5.56 Å². The summed E-state index contributed by atoms with van der Waals surface area (Å²) < 4.78 is 0. The maximum absolute atomic E-state index is 6.30. The van der Waals surface area contributed by atoms with Crippen LogP contribution in [0.5, 0.6) is 0 Å². The summed E-state index contributed by atoms with van der Waals surface area (Å²) in [7, 11) is 0. The molecule has 28 heavy (non-hydrogen) atoms. The Labute approximate surface area is 164 Å². The van der Waals surface area contributed by atoms with Gasteiger partial charge in [0, 0.05) is 35.9 Å². The van der Waals surface area contributed by atoms with Crippen molar-refractivity contribution in [3.63, 3.8) is 0 Å². The number of likely N-dealkylation sites (tertiary alicyclic amines) is 1. The fourth-order valence-electron chi connectivity index (χ4n) is 3.85. The Bertz CT molecular complexity index is 1020. The first-order chi connectivity index (χ1) is 13.6. The van der Waals surface area contributed by atoms with E-state index in [4.69, 9.17) is 11.5 Å². The Hall–Kier alpha value is -3.28. The molecule has 1 unspecified atom stereocenters. The minimum atomic E-state index is 0.464. The van der Waals surface area contributed by atoms with Gasteiger partial charge in [-0.3, -0.25) is 5.10 Å². The van der Waals surface area contributed by atoms with Gasteiger partial charge in [-0.25, -0.2) is 4.99 Å². The number of aromatic nitrogens is 2. The van der Waals surface area contributed by atoms with Gasteiger partial charge in [0.1, 0.15) is 11.7 Å². The Morgan fingerprint density at radius 2 is 2.11 bits per heavy atom. The van der Waals surface area contributed by atoms with Crippen molar-refractivity contribution in [2.24, 2.45) is 22.4 Å². The Morgan fingerprint density at radius 3 is 2.89 bits per heavy atom.